The molecule has 0 saturated heterocycles. The van der Waals surface area contributed by atoms with Gasteiger partial charge in [0.05, 0.1) is 31.7 Å². The normalized spacial score (nSPS) is 19.6. The number of ether oxygens (including phenoxy) is 2. The van der Waals surface area contributed by atoms with Crippen LogP contribution < -0.4 is 20.7 Å². The van der Waals surface area contributed by atoms with Crippen LogP contribution in [0.2, 0.25) is 0 Å². The highest BCUT2D eigenvalue weighted by Gasteiger charge is 2.33. The summed E-state index contributed by atoms with van der Waals surface area (Å²) >= 11 is 0. The molecule has 2 atom stereocenters. The molecule has 0 aliphatic heterocycles. The first kappa shape index (κ1) is 30.4. The van der Waals surface area contributed by atoms with Crippen LogP contribution in [0.1, 0.15) is 51.1 Å². The molecule has 2 rings (SSSR count). The average molecular weight is 534 g/mol. The number of hydrogen-bond acceptors (Lipinski definition) is 10. The largest absolute Gasteiger partial charge is 0.481 e. The Labute approximate surface area is 221 Å². The summed E-state index contributed by atoms with van der Waals surface area (Å²) in [6.07, 6.45) is 6.48. The maximum atomic E-state index is 13.9. The topological polar surface area (TPSA) is 182 Å². The van der Waals surface area contributed by atoms with E-state index in [2.05, 4.69) is 33.0 Å². The number of halogens is 1. The van der Waals surface area contributed by atoms with Crippen molar-refractivity contribution >= 4 is 29.5 Å². The van der Waals surface area contributed by atoms with Gasteiger partial charge in [-0.3, -0.25) is 15.0 Å². The molecule has 13 heteroatoms. The first-order valence-corrected chi connectivity index (χ1v) is 12.2. The van der Waals surface area contributed by atoms with E-state index in [4.69, 9.17) is 25.5 Å². The molecule has 208 valence electrons. The van der Waals surface area contributed by atoms with Crippen LogP contribution in [0.5, 0.6) is 5.88 Å². The Morgan fingerprint density at radius 2 is 2.00 bits per heavy atom. The molecule has 1 heterocycles. The second-order valence-electron chi connectivity index (χ2n) is 9.19. The van der Waals surface area contributed by atoms with Gasteiger partial charge >= 0.3 is 0 Å². The van der Waals surface area contributed by atoms with Gasteiger partial charge in [-0.05, 0) is 37.7 Å². The molecule has 1 aliphatic rings. The number of carbonyl (C=O) groups excluding carboxylic acids is 2. The van der Waals surface area contributed by atoms with E-state index in [1.807, 2.05) is 0 Å². The summed E-state index contributed by atoms with van der Waals surface area (Å²) in [7, 11) is 2.87. The molecular formula is C25H36FN7O5. The number of carbonyl (C=O) groups is 2. The number of nitrogens with one attached hydrogen (secondary N) is 5. The molecular weight excluding hydrogens is 497 g/mol. The summed E-state index contributed by atoms with van der Waals surface area (Å²) in [5.74, 6) is -1.47. The van der Waals surface area contributed by atoms with E-state index in [0.717, 1.165) is 25.3 Å². The number of aromatic nitrogens is 1. The maximum Gasteiger partial charge on any atom is 0.271 e. The number of oxime groups is 1. The van der Waals surface area contributed by atoms with Crippen LogP contribution in [-0.2, 0) is 14.3 Å². The predicted molar refractivity (Wildman–Crippen MR) is 139 cm³/mol. The summed E-state index contributed by atoms with van der Waals surface area (Å²) in [6.45, 7) is 3.53. The van der Waals surface area contributed by atoms with Crippen molar-refractivity contribution in [2.45, 2.75) is 51.6 Å². The Bertz CT molecular complexity index is 1070. The summed E-state index contributed by atoms with van der Waals surface area (Å²) in [5.41, 5.74) is -0.290. The molecule has 1 aliphatic carbocycles. The third-order valence-electron chi connectivity index (χ3n) is 6.45. The molecule has 1 aromatic heterocycles. The van der Waals surface area contributed by atoms with Gasteiger partial charge in [-0.2, -0.15) is 0 Å². The van der Waals surface area contributed by atoms with Gasteiger partial charge in [0, 0.05) is 25.1 Å². The predicted octanol–water partition coefficient (Wildman–Crippen LogP) is 2.29. The van der Waals surface area contributed by atoms with Crippen LogP contribution in [0.15, 0.2) is 29.3 Å². The smallest absolute Gasteiger partial charge is 0.271 e. The first-order valence-electron chi connectivity index (χ1n) is 12.2. The molecule has 1 saturated carbocycles. The van der Waals surface area contributed by atoms with E-state index in [0.29, 0.717) is 24.3 Å². The fraction of sp³-hybridized carbons (Fsp3) is 0.520. The van der Waals surface area contributed by atoms with E-state index < -0.39 is 35.4 Å². The fourth-order valence-electron chi connectivity index (χ4n) is 4.23. The van der Waals surface area contributed by atoms with Crippen LogP contribution in [0.3, 0.4) is 0 Å². The van der Waals surface area contributed by atoms with Gasteiger partial charge in [0.25, 0.3) is 5.91 Å². The molecule has 1 aromatic rings. The highest BCUT2D eigenvalue weighted by atomic mass is 19.1. The minimum absolute atomic E-state index is 0.0750. The van der Waals surface area contributed by atoms with Gasteiger partial charge in [0.2, 0.25) is 11.8 Å². The zero-order chi connectivity index (χ0) is 28.2. The first-order chi connectivity index (χ1) is 18.1. The van der Waals surface area contributed by atoms with Crippen molar-refractivity contribution in [2.24, 2.45) is 17.0 Å². The Kier molecular flexibility index (Phi) is 11.8. The highest BCUT2D eigenvalue weighted by Crippen LogP contribution is 2.31. The third-order valence-corrected chi connectivity index (χ3v) is 6.45. The maximum absolute atomic E-state index is 13.9. The second-order valence-corrected chi connectivity index (χ2v) is 9.19. The quantitative estimate of drug-likeness (QED) is 0.128. The van der Waals surface area contributed by atoms with Gasteiger partial charge in [-0.25, -0.2) is 9.37 Å². The lowest BCUT2D eigenvalue weighted by Gasteiger charge is -2.32. The average Bonchev–Trinajstić information content (AvgIpc) is 2.92. The SMILES string of the molecule is COCC(N/C=C(\C=N)NC(=O)C(NC(=O)C(=N)/C(C)=N\O)C1CCC(C)CC1)c1cc(F)cnc1OC. The Balaban J connectivity index is 2.25. The summed E-state index contributed by atoms with van der Waals surface area (Å²) in [4.78, 5) is 29.9. The lowest BCUT2D eigenvalue weighted by molar-refractivity contribution is -0.127. The zero-order valence-corrected chi connectivity index (χ0v) is 22.0. The summed E-state index contributed by atoms with van der Waals surface area (Å²) in [5, 5.41) is 35.7. The van der Waals surface area contributed by atoms with E-state index in [9.17, 15) is 14.0 Å². The standard InChI is InChI=1S/C25H36FN7O5/c1-14-5-7-16(8-6-14)22(32-23(34)21(28)15(2)33-36)24(35)31-18(10-27)12-29-20(13-37-3)19-9-17(26)11-30-25(19)38-4/h9-12,14,16,20,22,27-29,36H,5-8,13H2,1-4H3,(H,31,35)(H,32,34)/b18-12+,27-10?,28-21?,33-15-. The molecule has 38 heavy (non-hydrogen) atoms. The molecule has 0 spiro atoms. The molecule has 0 bridgehead atoms. The molecule has 0 aromatic carbocycles. The van der Waals surface area contributed by atoms with Gasteiger partial charge in [0.15, 0.2) is 0 Å². The number of nitrogens with zero attached hydrogens (tertiary/aromatic N) is 2. The van der Waals surface area contributed by atoms with Crippen molar-refractivity contribution in [3.63, 3.8) is 0 Å². The van der Waals surface area contributed by atoms with Crippen molar-refractivity contribution < 1.29 is 28.7 Å². The molecule has 0 radical (unpaired) electrons. The van der Waals surface area contributed by atoms with Gasteiger partial charge in [-0.15, -0.1) is 0 Å². The highest BCUT2D eigenvalue weighted by molar-refractivity contribution is 6.65. The fourth-order valence-corrected chi connectivity index (χ4v) is 4.23. The monoisotopic (exact) mass is 533 g/mol. The third kappa shape index (κ3) is 8.33. The minimum atomic E-state index is -0.979. The van der Waals surface area contributed by atoms with Crippen molar-refractivity contribution in [1.82, 2.24) is 20.9 Å². The van der Waals surface area contributed by atoms with Crippen molar-refractivity contribution in [2.75, 3.05) is 20.8 Å². The lowest BCUT2D eigenvalue weighted by Crippen LogP contribution is -2.53. The van der Waals surface area contributed by atoms with Crippen LogP contribution >= 0.6 is 0 Å². The van der Waals surface area contributed by atoms with Gasteiger partial charge in [-0.1, -0.05) is 24.9 Å². The number of pyridine rings is 1. The van der Waals surface area contributed by atoms with Crippen LogP contribution in [0.25, 0.3) is 0 Å². The van der Waals surface area contributed by atoms with Crippen LogP contribution in [0, 0.1) is 28.5 Å². The van der Waals surface area contributed by atoms with E-state index in [1.165, 1.54) is 33.4 Å². The summed E-state index contributed by atoms with van der Waals surface area (Å²) in [6, 6.07) is -0.351. The van der Waals surface area contributed by atoms with E-state index in [-0.39, 0.29) is 29.8 Å². The van der Waals surface area contributed by atoms with E-state index in [1.54, 1.807) is 0 Å². The molecule has 2 unspecified atom stereocenters. The van der Waals surface area contributed by atoms with Crippen molar-refractivity contribution in [3.05, 3.63) is 35.5 Å². The van der Waals surface area contributed by atoms with E-state index >= 15 is 0 Å². The number of rotatable bonds is 13. The van der Waals surface area contributed by atoms with Crippen molar-refractivity contribution in [1.29, 1.82) is 10.8 Å². The van der Waals surface area contributed by atoms with Gasteiger partial charge in [0.1, 0.15) is 23.3 Å². The molecule has 1 fully saturated rings. The number of hydrogen-bond donors (Lipinski definition) is 6. The van der Waals surface area contributed by atoms with Crippen LogP contribution in [-0.4, -0.2) is 66.5 Å². The Morgan fingerprint density at radius 1 is 1.32 bits per heavy atom. The molecule has 2 amide bonds. The number of allylic oxidation sites excluding steroid dienone is 1. The Hall–Kier alpha value is -3.87. The van der Waals surface area contributed by atoms with Gasteiger partial charge < -0.3 is 36.0 Å². The minimum Gasteiger partial charge on any atom is -0.481 e. The number of methoxy groups -OCH3 is 2. The zero-order valence-electron chi connectivity index (χ0n) is 22.0. The summed E-state index contributed by atoms with van der Waals surface area (Å²) < 4.78 is 24.3. The van der Waals surface area contributed by atoms with Crippen LogP contribution in [0.4, 0.5) is 4.39 Å². The second kappa shape index (κ2) is 14.8. The lowest BCUT2D eigenvalue weighted by atomic mass is 9.79. The molecule has 12 nitrogen and oxygen atoms in total. The number of amides is 2. The van der Waals surface area contributed by atoms with Crippen molar-refractivity contribution in [3.8, 4) is 5.88 Å². The Morgan fingerprint density at radius 3 is 2.58 bits per heavy atom. The molecule has 6 N–H and O–H groups in total.